The Morgan fingerprint density at radius 1 is 1.15 bits per heavy atom. The number of benzene rings is 2. The van der Waals surface area contributed by atoms with Crippen LogP contribution >= 0.6 is 11.8 Å². The maximum Gasteiger partial charge on any atom is 0.240 e. The predicted molar refractivity (Wildman–Crippen MR) is 149 cm³/mol. The molecule has 0 radical (unpaired) electrons. The molecule has 0 saturated carbocycles. The Hall–Kier alpha value is -3.53. The topological polar surface area (TPSA) is 85.7 Å². The van der Waals surface area contributed by atoms with Crippen LogP contribution in [-0.2, 0) is 15.0 Å². The van der Waals surface area contributed by atoms with Crippen molar-refractivity contribution in [3.8, 4) is 17.2 Å². The van der Waals surface area contributed by atoms with E-state index in [9.17, 15) is 14.0 Å². The largest absolute Gasteiger partial charge is 0.454 e. The molecule has 0 bridgehead atoms. The van der Waals surface area contributed by atoms with Gasteiger partial charge in [0.2, 0.25) is 18.6 Å². The van der Waals surface area contributed by atoms with Gasteiger partial charge in [-0.05, 0) is 47.9 Å². The first-order chi connectivity index (χ1) is 18.5. The molecule has 39 heavy (non-hydrogen) atoms. The van der Waals surface area contributed by atoms with Gasteiger partial charge in [0.1, 0.15) is 18.2 Å². The Kier molecular flexibility index (Phi) is 7.33. The van der Waals surface area contributed by atoms with E-state index in [1.54, 1.807) is 16.8 Å². The summed E-state index contributed by atoms with van der Waals surface area (Å²) in [5.74, 6) is 1.46. The predicted octanol–water partition coefficient (Wildman–Crippen LogP) is 4.98. The van der Waals surface area contributed by atoms with E-state index in [0.29, 0.717) is 29.5 Å². The molecule has 206 valence electrons. The van der Waals surface area contributed by atoms with E-state index >= 15 is 0 Å². The molecule has 2 aromatic carbocycles. The summed E-state index contributed by atoms with van der Waals surface area (Å²) >= 11 is 1.49. The molecule has 10 heteroatoms. The molecule has 1 N–H and O–H groups in total. The number of anilines is 1. The Morgan fingerprint density at radius 2 is 1.87 bits per heavy atom. The van der Waals surface area contributed by atoms with Crippen LogP contribution in [0.15, 0.2) is 42.5 Å². The first-order valence-corrected chi connectivity index (χ1v) is 14.1. The average Bonchev–Trinajstić information content (AvgIpc) is 3.48. The number of hydrogen-bond acceptors (Lipinski definition) is 6. The molecule has 2 aliphatic heterocycles. The Labute approximate surface area is 231 Å². The van der Waals surface area contributed by atoms with Gasteiger partial charge in [0.05, 0.1) is 22.4 Å². The fraction of sp³-hybridized carbons (Fsp3) is 0.414. The lowest BCUT2D eigenvalue weighted by Crippen LogP contribution is -2.43. The third-order valence-corrected chi connectivity index (χ3v) is 7.83. The standard InChI is InChI=1S/C29H33FN4O4S/c1-17(2)13-31-23(35)14-33-24(36)15-39-26(18-6-11-21-22(12-18)38-16-37-21)25-27(29(3,4)5)32-34(28(25)33)20-9-7-19(30)8-10-20/h6-12,17,26H,13-16H2,1-5H3,(H,31,35). The van der Waals surface area contributed by atoms with Gasteiger partial charge in [-0.3, -0.25) is 14.5 Å². The van der Waals surface area contributed by atoms with Crippen molar-refractivity contribution >= 4 is 29.4 Å². The first kappa shape index (κ1) is 27.1. The van der Waals surface area contributed by atoms with Crippen LogP contribution in [0.25, 0.3) is 5.69 Å². The molecule has 2 aliphatic rings. The molecule has 5 rings (SSSR count). The van der Waals surface area contributed by atoms with Crippen LogP contribution in [0.1, 0.15) is 56.7 Å². The number of rotatable bonds is 6. The maximum atomic E-state index is 13.9. The molecule has 0 fully saturated rings. The van der Waals surface area contributed by atoms with Crippen molar-refractivity contribution in [3.05, 3.63) is 65.1 Å². The van der Waals surface area contributed by atoms with Gasteiger partial charge in [-0.25, -0.2) is 9.07 Å². The SMILES string of the molecule is CC(C)CNC(=O)CN1C(=O)CSC(c2ccc3c(c2)OCO3)c2c(C(C)(C)C)nn(-c3ccc(F)cc3)c21. The highest BCUT2D eigenvalue weighted by Crippen LogP contribution is 2.49. The van der Waals surface area contributed by atoms with Crippen molar-refractivity contribution in [2.24, 2.45) is 5.92 Å². The quantitative estimate of drug-likeness (QED) is 0.464. The summed E-state index contributed by atoms with van der Waals surface area (Å²) in [5, 5.41) is 7.67. The molecule has 0 spiro atoms. The molecular weight excluding hydrogens is 519 g/mol. The first-order valence-electron chi connectivity index (χ1n) is 13.0. The van der Waals surface area contributed by atoms with E-state index in [2.05, 4.69) is 26.1 Å². The highest BCUT2D eigenvalue weighted by atomic mass is 32.2. The Balaban J connectivity index is 1.71. The van der Waals surface area contributed by atoms with Gasteiger partial charge in [-0.15, -0.1) is 11.8 Å². The van der Waals surface area contributed by atoms with Gasteiger partial charge in [-0.2, -0.15) is 5.10 Å². The van der Waals surface area contributed by atoms with Crippen LogP contribution < -0.4 is 19.7 Å². The number of amides is 2. The summed E-state index contributed by atoms with van der Waals surface area (Å²) in [4.78, 5) is 28.3. The number of thioether (sulfide) groups is 1. The van der Waals surface area contributed by atoms with E-state index in [4.69, 9.17) is 14.6 Å². The zero-order valence-electron chi connectivity index (χ0n) is 22.8. The number of halogens is 1. The fourth-order valence-electron chi connectivity index (χ4n) is 4.69. The summed E-state index contributed by atoms with van der Waals surface area (Å²) in [7, 11) is 0. The third-order valence-electron chi connectivity index (χ3n) is 6.58. The lowest BCUT2D eigenvalue weighted by atomic mass is 9.87. The number of fused-ring (bicyclic) bond motifs is 2. The monoisotopic (exact) mass is 552 g/mol. The zero-order chi connectivity index (χ0) is 27.9. The number of carbonyl (C=O) groups excluding carboxylic acids is 2. The number of ether oxygens (including phenoxy) is 2. The number of nitrogens with one attached hydrogen (secondary N) is 1. The molecular formula is C29H33FN4O4S. The van der Waals surface area contributed by atoms with E-state index in [1.165, 1.54) is 28.8 Å². The van der Waals surface area contributed by atoms with Crippen LogP contribution in [0.4, 0.5) is 10.2 Å². The number of aromatic nitrogens is 2. The van der Waals surface area contributed by atoms with Crippen molar-refractivity contribution < 1.29 is 23.5 Å². The molecule has 1 aromatic heterocycles. The van der Waals surface area contributed by atoms with E-state index in [0.717, 1.165) is 16.8 Å². The minimum atomic E-state index is -0.399. The van der Waals surface area contributed by atoms with Crippen molar-refractivity contribution in [1.82, 2.24) is 15.1 Å². The fourth-order valence-corrected chi connectivity index (χ4v) is 5.88. The van der Waals surface area contributed by atoms with Gasteiger partial charge >= 0.3 is 0 Å². The summed E-state index contributed by atoms with van der Waals surface area (Å²) in [6.07, 6.45) is 0. The Morgan fingerprint density at radius 3 is 2.56 bits per heavy atom. The van der Waals surface area contributed by atoms with E-state index < -0.39 is 5.41 Å². The normalized spacial score (nSPS) is 16.8. The molecule has 1 atom stereocenters. The van der Waals surface area contributed by atoms with Gasteiger partial charge in [0, 0.05) is 17.5 Å². The smallest absolute Gasteiger partial charge is 0.240 e. The van der Waals surface area contributed by atoms with Crippen LogP contribution in [-0.4, -0.2) is 47.2 Å². The van der Waals surface area contributed by atoms with Gasteiger partial charge in [0.15, 0.2) is 11.5 Å². The van der Waals surface area contributed by atoms with Crippen LogP contribution in [0.3, 0.4) is 0 Å². The van der Waals surface area contributed by atoms with E-state index in [1.807, 2.05) is 32.0 Å². The van der Waals surface area contributed by atoms with Crippen molar-refractivity contribution in [1.29, 1.82) is 0 Å². The molecule has 3 heterocycles. The second kappa shape index (κ2) is 10.6. The zero-order valence-corrected chi connectivity index (χ0v) is 23.6. The second-order valence-electron chi connectivity index (χ2n) is 11.2. The lowest BCUT2D eigenvalue weighted by Gasteiger charge is -2.24. The molecule has 1 unspecified atom stereocenters. The highest BCUT2D eigenvalue weighted by molar-refractivity contribution is 8.00. The average molecular weight is 553 g/mol. The molecule has 8 nitrogen and oxygen atoms in total. The minimum absolute atomic E-state index is 0.149. The summed E-state index contributed by atoms with van der Waals surface area (Å²) in [5.41, 5.74) is 2.77. The lowest BCUT2D eigenvalue weighted by molar-refractivity contribution is -0.123. The summed E-state index contributed by atoms with van der Waals surface area (Å²) in [6.45, 7) is 10.8. The van der Waals surface area contributed by atoms with Crippen molar-refractivity contribution in [2.45, 2.75) is 45.3 Å². The molecule has 0 saturated heterocycles. The highest BCUT2D eigenvalue weighted by Gasteiger charge is 2.40. The van der Waals surface area contributed by atoms with Gasteiger partial charge < -0.3 is 14.8 Å². The van der Waals surface area contributed by atoms with Crippen molar-refractivity contribution in [3.63, 3.8) is 0 Å². The molecule has 2 amide bonds. The third kappa shape index (κ3) is 5.48. The van der Waals surface area contributed by atoms with Crippen LogP contribution in [0.5, 0.6) is 11.5 Å². The van der Waals surface area contributed by atoms with Crippen LogP contribution in [0.2, 0.25) is 0 Å². The molecule has 0 aliphatic carbocycles. The number of nitrogens with zero attached hydrogens (tertiary/aromatic N) is 3. The number of hydrogen-bond donors (Lipinski definition) is 1. The van der Waals surface area contributed by atoms with Gasteiger partial charge in [0.25, 0.3) is 0 Å². The minimum Gasteiger partial charge on any atom is -0.454 e. The van der Waals surface area contributed by atoms with Gasteiger partial charge in [-0.1, -0.05) is 40.7 Å². The summed E-state index contributed by atoms with van der Waals surface area (Å²) < 4.78 is 26.7. The summed E-state index contributed by atoms with van der Waals surface area (Å²) in [6, 6.07) is 11.8. The Bertz CT molecular complexity index is 1400. The maximum absolute atomic E-state index is 13.9. The van der Waals surface area contributed by atoms with Crippen molar-refractivity contribution in [2.75, 3.05) is 30.5 Å². The second-order valence-corrected chi connectivity index (χ2v) is 12.3. The van der Waals surface area contributed by atoms with Crippen LogP contribution in [0, 0.1) is 11.7 Å². The number of carbonyl (C=O) groups is 2. The van der Waals surface area contributed by atoms with E-state index in [-0.39, 0.29) is 47.9 Å². The molecule has 3 aromatic rings.